The molecule has 0 atom stereocenters. The molecule has 0 bridgehead atoms. The van der Waals surface area contributed by atoms with E-state index in [1.54, 1.807) is 6.26 Å². The van der Waals surface area contributed by atoms with Gasteiger partial charge in [-0.25, -0.2) is 4.98 Å². The van der Waals surface area contributed by atoms with E-state index in [1.165, 1.54) is 0 Å². The third-order valence-electron chi connectivity index (χ3n) is 2.16. The predicted molar refractivity (Wildman–Crippen MR) is 55.8 cm³/mol. The lowest BCUT2D eigenvalue weighted by atomic mass is 10.1. The molecule has 0 saturated heterocycles. The first-order valence-electron chi connectivity index (χ1n) is 4.45. The molecular formula is C11H12N2O. The fraction of sp³-hybridized carbons (Fsp3) is 0.182. The summed E-state index contributed by atoms with van der Waals surface area (Å²) in [5.41, 5.74) is 9.47. The van der Waals surface area contributed by atoms with Crippen molar-refractivity contribution < 1.29 is 4.42 Å². The van der Waals surface area contributed by atoms with Crippen molar-refractivity contribution in [2.45, 2.75) is 13.8 Å². The summed E-state index contributed by atoms with van der Waals surface area (Å²) >= 11 is 0. The van der Waals surface area contributed by atoms with E-state index in [1.807, 2.05) is 32.0 Å². The van der Waals surface area contributed by atoms with Crippen molar-refractivity contribution in [1.29, 1.82) is 0 Å². The fourth-order valence-electron chi connectivity index (χ4n) is 1.40. The van der Waals surface area contributed by atoms with Crippen LogP contribution in [0.1, 0.15) is 11.5 Å². The Balaban J connectivity index is 2.55. The maximum atomic E-state index is 5.71. The third kappa shape index (κ3) is 1.48. The highest BCUT2D eigenvalue weighted by Gasteiger charge is 2.06. The smallest absolute Gasteiger partial charge is 0.191 e. The molecule has 2 N–H and O–H groups in total. The van der Waals surface area contributed by atoms with E-state index in [0.717, 1.165) is 22.5 Å². The lowest BCUT2D eigenvalue weighted by Gasteiger charge is -2.02. The highest BCUT2D eigenvalue weighted by Crippen LogP contribution is 2.24. The minimum absolute atomic E-state index is 0.668. The molecule has 0 amide bonds. The van der Waals surface area contributed by atoms with E-state index in [2.05, 4.69) is 4.98 Å². The number of oxazole rings is 1. The molecule has 14 heavy (non-hydrogen) atoms. The van der Waals surface area contributed by atoms with Gasteiger partial charge in [-0.2, -0.15) is 0 Å². The van der Waals surface area contributed by atoms with Crippen LogP contribution in [-0.4, -0.2) is 4.98 Å². The highest BCUT2D eigenvalue weighted by molar-refractivity contribution is 5.67. The third-order valence-corrected chi connectivity index (χ3v) is 2.16. The lowest BCUT2D eigenvalue weighted by Crippen LogP contribution is -1.88. The first-order chi connectivity index (χ1) is 6.66. The summed E-state index contributed by atoms with van der Waals surface area (Å²) < 4.78 is 5.16. The van der Waals surface area contributed by atoms with Crippen molar-refractivity contribution in [1.82, 2.24) is 4.98 Å². The Kier molecular flexibility index (Phi) is 2.00. The number of aryl methyl sites for hydroxylation is 2. The molecule has 1 aromatic heterocycles. The molecule has 2 aromatic rings. The van der Waals surface area contributed by atoms with Crippen LogP contribution >= 0.6 is 0 Å². The van der Waals surface area contributed by atoms with Gasteiger partial charge in [0.15, 0.2) is 5.89 Å². The zero-order chi connectivity index (χ0) is 10.1. The molecule has 0 spiro atoms. The Morgan fingerprint density at radius 1 is 1.29 bits per heavy atom. The second-order valence-electron chi connectivity index (χ2n) is 3.33. The number of nitrogen functional groups attached to an aromatic ring is 1. The summed E-state index contributed by atoms with van der Waals surface area (Å²) in [5.74, 6) is 0.668. The molecule has 0 radical (unpaired) electrons. The largest absolute Gasteiger partial charge is 0.449 e. The average Bonchev–Trinajstić information content (AvgIpc) is 2.56. The van der Waals surface area contributed by atoms with E-state index in [-0.39, 0.29) is 0 Å². The van der Waals surface area contributed by atoms with Crippen LogP contribution in [0.25, 0.3) is 11.3 Å². The fourth-order valence-corrected chi connectivity index (χ4v) is 1.40. The number of rotatable bonds is 1. The van der Waals surface area contributed by atoms with Crippen LogP contribution in [0.2, 0.25) is 0 Å². The molecule has 1 aromatic carbocycles. The summed E-state index contributed by atoms with van der Waals surface area (Å²) in [5, 5.41) is 0. The van der Waals surface area contributed by atoms with Gasteiger partial charge in [-0.3, -0.25) is 0 Å². The maximum absolute atomic E-state index is 5.71. The first kappa shape index (κ1) is 8.81. The van der Waals surface area contributed by atoms with Crippen LogP contribution in [0, 0.1) is 13.8 Å². The van der Waals surface area contributed by atoms with Crippen molar-refractivity contribution >= 4 is 5.69 Å². The van der Waals surface area contributed by atoms with Gasteiger partial charge in [0.25, 0.3) is 0 Å². The second kappa shape index (κ2) is 3.18. The lowest BCUT2D eigenvalue weighted by molar-refractivity contribution is 0.521. The molecule has 72 valence electrons. The number of aromatic nitrogens is 1. The molecular weight excluding hydrogens is 176 g/mol. The minimum Gasteiger partial charge on any atom is -0.449 e. The van der Waals surface area contributed by atoms with Gasteiger partial charge in [-0.15, -0.1) is 0 Å². The van der Waals surface area contributed by atoms with E-state index in [0.29, 0.717) is 5.89 Å². The van der Waals surface area contributed by atoms with Crippen LogP contribution in [-0.2, 0) is 0 Å². The number of benzene rings is 1. The SMILES string of the molecule is Cc1nc(-c2cc(N)ccc2C)co1. The molecule has 0 aliphatic heterocycles. The molecule has 1 heterocycles. The summed E-state index contributed by atoms with van der Waals surface area (Å²) in [4.78, 5) is 4.26. The Bertz CT molecular complexity index is 460. The Hall–Kier alpha value is -1.77. The van der Waals surface area contributed by atoms with Gasteiger partial charge in [-0.05, 0) is 24.6 Å². The van der Waals surface area contributed by atoms with E-state index in [4.69, 9.17) is 10.2 Å². The predicted octanol–water partition coefficient (Wildman–Crippen LogP) is 2.54. The quantitative estimate of drug-likeness (QED) is 0.699. The Labute approximate surface area is 82.6 Å². The summed E-state index contributed by atoms with van der Waals surface area (Å²) in [6.07, 6.45) is 1.65. The summed E-state index contributed by atoms with van der Waals surface area (Å²) in [6, 6.07) is 5.77. The van der Waals surface area contributed by atoms with Gasteiger partial charge < -0.3 is 10.2 Å². The number of nitrogens with zero attached hydrogens (tertiary/aromatic N) is 1. The molecule has 0 fully saturated rings. The Morgan fingerprint density at radius 2 is 2.07 bits per heavy atom. The van der Waals surface area contributed by atoms with E-state index >= 15 is 0 Å². The molecule has 0 saturated carbocycles. The van der Waals surface area contributed by atoms with Crippen LogP contribution in [0.15, 0.2) is 28.9 Å². The van der Waals surface area contributed by atoms with Gasteiger partial charge in [0.1, 0.15) is 12.0 Å². The maximum Gasteiger partial charge on any atom is 0.191 e. The molecule has 0 unspecified atom stereocenters. The molecule has 0 aliphatic carbocycles. The van der Waals surface area contributed by atoms with Gasteiger partial charge >= 0.3 is 0 Å². The number of nitrogens with two attached hydrogens (primary N) is 1. The first-order valence-corrected chi connectivity index (χ1v) is 4.45. The average molecular weight is 188 g/mol. The number of hydrogen-bond acceptors (Lipinski definition) is 3. The number of hydrogen-bond donors (Lipinski definition) is 1. The topological polar surface area (TPSA) is 52.0 Å². The monoisotopic (exact) mass is 188 g/mol. The molecule has 3 heteroatoms. The van der Waals surface area contributed by atoms with Crippen molar-refractivity contribution in [3.63, 3.8) is 0 Å². The van der Waals surface area contributed by atoms with E-state index in [9.17, 15) is 0 Å². The second-order valence-corrected chi connectivity index (χ2v) is 3.33. The normalized spacial score (nSPS) is 10.4. The molecule has 0 aliphatic rings. The summed E-state index contributed by atoms with van der Waals surface area (Å²) in [6.45, 7) is 3.85. The van der Waals surface area contributed by atoms with E-state index < -0.39 is 0 Å². The standard InChI is InChI=1S/C11H12N2O/c1-7-3-4-9(12)5-10(7)11-6-14-8(2)13-11/h3-6H,12H2,1-2H3. The van der Waals surface area contributed by atoms with Gasteiger partial charge in [0, 0.05) is 18.2 Å². The van der Waals surface area contributed by atoms with Crippen LogP contribution in [0.3, 0.4) is 0 Å². The van der Waals surface area contributed by atoms with Crippen molar-refractivity contribution in [2.24, 2.45) is 0 Å². The van der Waals surface area contributed by atoms with Crippen LogP contribution < -0.4 is 5.73 Å². The zero-order valence-electron chi connectivity index (χ0n) is 8.24. The van der Waals surface area contributed by atoms with Crippen LogP contribution in [0.5, 0.6) is 0 Å². The zero-order valence-corrected chi connectivity index (χ0v) is 8.24. The van der Waals surface area contributed by atoms with Gasteiger partial charge in [0.05, 0.1) is 0 Å². The Morgan fingerprint density at radius 3 is 2.71 bits per heavy atom. The minimum atomic E-state index is 0.668. The van der Waals surface area contributed by atoms with Crippen molar-refractivity contribution in [2.75, 3.05) is 5.73 Å². The van der Waals surface area contributed by atoms with Gasteiger partial charge in [-0.1, -0.05) is 6.07 Å². The molecule has 3 nitrogen and oxygen atoms in total. The van der Waals surface area contributed by atoms with Gasteiger partial charge in [0.2, 0.25) is 0 Å². The highest BCUT2D eigenvalue weighted by atomic mass is 16.3. The molecule has 2 rings (SSSR count). The van der Waals surface area contributed by atoms with Crippen molar-refractivity contribution in [3.8, 4) is 11.3 Å². The van der Waals surface area contributed by atoms with Crippen molar-refractivity contribution in [3.05, 3.63) is 35.9 Å². The summed E-state index contributed by atoms with van der Waals surface area (Å²) in [7, 11) is 0. The number of anilines is 1. The van der Waals surface area contributed by atoms with Crippen LogP contribution in [0.4, 0.5) is 5.69 Å².